The summed E-state index contributed by atoms with van der Waals surface area (Å²) in [5.74, 6) is 0.0361. The summed E-state index contributed by atoms with van der Waals surface area (Å²) in [5.41, 5.74) is 0.531. The molecule has 3 aromatic rings. The number of carbonyl (C=O) groups excluding carboxylic acids is 2. The molecule has 0 aliphatic carbocycles. The van der Waals surface area contributed by atoms with Crippen LogP contribution >= 0.6 is 0 Å². The maximum absolute atomic E-state index is 12.1. The molecule has 0 aliphatic heterocycles. The Bertz CT molecular complexity index is 810. The number of furan rings is 1. The second kappa shape index (κ2) is 6.78. The van der Waals surface area contributed by atoms with E-state index in [4.69, 9.17) is 4.42 Å². The fourth-order valence-corrected chi connectivity index (χ4v) is 2.00. The number of imidazole rings is 1. The lowest BCUT2D eigenvalue weighted by molar-refractivity contribution is -0.117. The summed E-state index contributed by atoms with van der Waals surface area (Å²) in [6.45, 7) is 1.59. The van der Waals surface area contributed by atoms with E-state index >= 15 is 0 Å². The van der Waals surface area contributed by atoms with Crippen LogP contribution in [0.5, 0.6) is 0 Å². The third-order valence-electron chi connectivity index (χ3n) is 3.27. The van der Waals surface area contributed by atoms with E-state index < -0.39 is 11.9 Å². The summed E-state index contributed by atoms with van der Waals surface area (Å²) < 4.78 is 6.73. The van der Waals surface area contributed by atoms with Gasteiger partial charge in [0.25, 0.3) is 5.91 Å². The highest BCUT2D eigenvalue weighted by molar-refractivity contribution is 5.99. The number of amides is 2. The molecule has 2 amide bonds. The minimum Gasteiger partial charge on any atom is -0.459 e. The van der Waals surface area contributed by atoms with Gasteiger partial charge in [-0.15, -0.1) is 0 Å². The zero-order valence-electron chi connectivity index (χ0n) is 12.8. The standard InChI is InChI=1S/C16H15N5O3/c1-11(19-16(23)13-3-2-8-24-13)15(22)20-12-4-5-14(18-9-12)21-7-6-17-10-21/h2-11H,1H3,(H,19,23)(H,20,22). The van der Waals surface area contributed by atoms with Crippen LogP contribution in [-0.4, -0.2) is 32.4 Å². The molecule has 0 aliphatic rings. The van der Waals surface area contributed by atoms with Gasteiger partial charge in [0.05, 0.1) is 18.1 Å². The summed E-state index contributed by atoms with van der Waals surface area (Å²) in [6.07, 6.45) is 7.99. The van der Waals surface area contributed by atoms with Gasteiger partial charge in [0, 0.05) is 12.4 Å². The van der Waals surface area contributed by atoms with E-state index in [1.54, 1.807) is 48.4 Å². The first kappa shape index (κ1) is 15.5. The van der Waals surface area contributed by atoms with Crippen molar-refractivity contribution >= 4 is 17.5 Å². The van der Waals surface area contributed by atoms with Gasteiger partial charge in [-0.1, -0.05) is 0 Å². The second-order valence-corrected chi connectivity index (χ2v) is 5.04. The molecule has 0 bridgehead atoms. The average Bonchev–Trinajstić information content (AvgIpc) is 3.29. The van der Waals surface area contributed by atoms with E-state index in [0.717, 1.165) is 0 Å². The number of rotatable bonds is 5. The number of anilines is 1. The molecular weight excluding hydrogens is 310 g/mol. The van der Waals surface area contributed by atoms with Gasteiger partial charge in [-0.05, 0) is 31.2 Å². The van der Waals surface area contributed by atoms with Crippen LogP contribution in [0.2, 0.25) is 0 Å². The van der Waals surface area contributed by atoms with Crippen molar-refractivity contribution < 1.29 is 14.0 Å². The largest absolute Gasteiger partial charge is 0.459 e. The van der Waals surface area contributed by atoms with Crippen molar-refractivity contribution in [3.05, 3.63) is 61.2 Å². The summed E-state index contributed by atoms with van der Waals surface area (Å²) >= 11 is 0. The number of hydrogen-bond acceptors (Lipinski definition) is 5. The zero-order valence-corrected chi connectivity index (χ0v) is 12.8. The molecule has 0 spiro atoms. The molecule has 122 valence electrons. The van der Waals surface area contributed by atoms with E-state index in [-0.39, 0.29) is 11.7 Å². The first-order valence-electron chi connectivity index (χ1n) is 7.23. The number of pyridine rings is 1. The first-order chi connectivity index (χ1) is 11.6. The van der Waals surface area contributed by atoms with Gasteiger partial charge in [-0.3, -0.25) is 14.2 Å². The van der Waals surface area contributed by atoms with Crippen LogP contribution in [-0.2, 0) is 4.79 Å². The Balaban J connectivity index is 1.59. The lowest BCUT2D eigenvalue weighted by Gasteiger charge is -2.13. The maximum Gasteiger partial charge on any atom is 0.287 e. The van der Waals surface area contributed by atoms with E-state index in [9.17, 15) is 9.59 Å². The van der Waals surface area contributed by atoms with Crippen molar-refractivity contribution in [2.24, 2.45) is 0 Å². The predicted molar refractivity (Wildman–Crippen MR) is 85.6 cm³/mol. The van der Waals surface area contributed by atoms with Gasteiger partial charge in [0.2, 0.25) is 5.91 Å². The molecule has 24 heavy (non-hydrogen) atoms. The molecular formula is C16H15N5O3. The predicted octanol–water partition coefficient (Wildman–Crippen LogP) is 1.62. The van der Waals surface area contributed by atoms with Crippen LogP contribution < -0.4 is 10.6 Å². The Morgan fingerprint density at radius 2 is 2.17 bits per heavy atom. The Morgan fingerprint density at radius 1 is 1.29 bits per heavy atom. The molecule has 3 rings (SSSR count). The number of nitrogens with zero attached hydrogens (tertiary/aromatic N) is 3. The fourth-order valence-electron chi connectivity index (χ4n) is 2.00. The van der Waals surface area contributed by atoms with Crippen LogP contribution in [0.4, 0.5) is 5.69 Å². The molecule has 0 fully saturated rings. The minimum atomic E-state index is -0.726. The van der Waals surface area contributed by atoms with Crippen LogP contribution in [0.1, 0.15) is 17.5 Å². The number of nitrogens with one attached hydrogen (secondary N) is 2. The molecule has 2 N–H and O–H groups in total. The van der Waals surface area contributed by atoms with Gasteiger partial charge in [0.15, 0.2) is 5.76 Å². The Kier molecular flexibility index (Phi) is 4.37. The maximum atomic E-state index is 12.1. The van der Waals surface area contributed by atoms with Gasteiger partial charge in [-0.25, -0.2) is 9.97 Å². The molecule has 0 radical (unpaired) electrons. The highest BCUT2D eigenvalue weighted by Crippen LogP contribution is 2.10. The van der Waals surface area contributed by atoms with Gasteiger partial charge in [-0.2, -0.15) is 0 Å². The molecule has 1 atom stereocenters. The molecule has 3 heterocycles. The normalized spacial score (nSPS) is 11.7. The molecule has 0 saturated heterocycles. The Morgan fingerprint density at radius 3 is 2.79 bits per heavy atom. The van der Waals surface area contributed by atoms with E-state index in [1.807, 2.05) is 0 Å². The smallest absolute Gasteiger partial charge is 0.287 e. The van der Waals surface area contributed by atoms with E-state index in [2.05, 4.69) is 20.6 Å². The summed E-state index contributed by atoms with van der Waals surface area (Å²) in [6, 6.07) is 5.88. The minimum absolute atomic E-state index is 0.154. The lowest BCUT2D eigenvalue weighted by atomic mass is 10.3. The monoisotopic (exact) mass is 325 g/mol. The molecule has 0 saturated carbocycles. The van der Waals surface area contributed by atoms with E-state index in [1.165, 1.54) is 18.5 Å². The molecule has 3 aromatic heterocycles. The summed E-state index contributed by atoms with van der Waals surface area (Å²) in [7, 11) is 0. The third-order valence-corrected chi connectivity index (χ3v) is 3.27. The van der Waals surface area contributed by atoms with Crippen molar-refractivity contribution in [3.63, 3.8) is 0 Å². The highest BCUT2D eigenvalue weighted by Gasteiger charge is 2.18. The van der Waals surface area contributed by atoms with Crippen LogP contribution in [0.15, 0.2) is 59.9 Å². The topological polar surface area (TPSA) is 102 Å². The average molecular weight is 325 g/mol. The molecule has 8 nitrogen and oxygen atoms in total. The van der Waals surface area contributed by atoms with Crippen molar-refractivity contribution in [2.75, 3.05) is 5.32 Å². The fraction of sp³-hybridized carbons (Fsp3) is 0.125. The second-order valence-electron chi connectivity index (χ2n) is 5.04. The van der Waals surface area contributed by atoms with Crippen molar-refractivity contribution in [1.29, 1.82) is 0 Å². The van der Waals surface area contributed by atoms with Crippen LogP contribution in [0, 0.1) is 0 Å². The van der Waals surface area contributed by atoms with Gasteiger partial charge >= 0.3 is 0 Å². The summed E-state index contributed by atoms with van der Waals surface area (Å²) in [5, 5.41) is 5.25. The van der Waals surface area contributed by atoms with Crippen LogP contribution in [0.3, 0.4) is 0 Å². The van der Waals surface area contributed by atoms with Crippen molar-refractivity contribution in [1.82, 2.24) is 19.9 Å². The highest BCUT2D eigenvalue weighted by atomic mass is 16.3. The lowest BCUT2D eigenvalue weighted by Crippen LogP contribution is -2.41. The summed E-state index contributed by atoms with van der Waals surface area (Å²) in [4.78, 5) is 32.2. The molecule has 1 unspecified atom stereocenters. The Hall–Kier alpha value is -3.42. The number of carbonyl (C=O) groups is 2. The molecule has 8 heteroatoms. The van der Waals surface area contributed by atoms with Crippen molar-refractivity contribution in [2.45, 2.75) is 13.0 Å². The number of aromatic nitrogens is 3. The van der Waals surface area contributed by atoms with E-state index in [0.29, 0.717) is 11.5 Å². The third kappa shape index (κ3) is 3.49. The van der Waals surface area contributed by atoms with Gasteiger partial charge in [0.1, 0.15) is 18.2 Å². The molecule has 0 aromatic carbocycles. The quantitative estimate of drug-likeness (QED) is 0.742. The zero-order chi connectivity index (χ0) is 16.9. The Labute approximate surface area is 137 Å². The number of hydrogen-bond donors (Lipinski definition) is 2. The van der Waals surface area contributed by atoms with Crippen molar-refractivity contribution in [3.8, 4) is 5.82 Å². The first-order valence-corrected chi connectivity index (χ1v) is 7.23. The van der Waals surface area contributed by atoms with Gasteiger partial charge < -0.3 is 15.1 Å². The van der Waals surface area contributed by atoms with Crippen LogP contribution in [0.25, 0.3) is 5.82 Å². The SMILES string of the molecule is CC(NC(=O)c1ccco1)C(=O)Nc1ccc(-n2ccnc2)nc1.